The van der Waals surface area contributed by atoms with Crippen molar-refractivity contribution in [1.82, 2.24) is 25.4 Å². The van der Waals surface area contributed by atoms with Crippen molar-refractivity contribution < 1.29 is 40.8 Å². The molecule has 0 unspecified atom stereocenters. The predicted molar refractivity (Wildman–Crippen MR) is 112 cm³/mol. The van der Waals surface area contributed by atoms with Gasteiger partial charge in [0, 0.05) is 12.0 Å². The number of nitrogens with one attached hydrogen (secondary N) is 1. The van der Waals surface area contributed by atoms with Gasteiger partial charge in [0.2, 0.25) is 5.82 Å². The van der Waals surface area contributed by atoms with Crippen molar-refractivity contribution in [1.29, 1.82) is 0 Å². The monoisotopic (exact) mass is 527 g/mol. The topological polar surface area (TPSA) is 114 Å². The molecule has 0 radical (unpaired) electrons. The Morgan fingerprint density at radius 3 is 2.30 bits per heavy atom. The van der Waals surface area contributed by atoms with Crippen molar-refractivity contribution in [2.45, 2.75) is 50.1 Å². The summed E-state index contributed by atoms with van der Waals surface area (Å²) in [6.07, 6.45) is 0.751. The van der Waals surface area contributed by atoms with Crippen LogP contribution in [0.1, 0.15) is 60.4 Å². The van der Waals surface area contributed by atoms with Crippen LogP contribution in [0.15, 0.2) is 23.0 Å². The van der Waals surface area contributed by atoms with Gasteiger partial charge in [-0.05, 0) is 50.0 Å². The molecule has 3 aliphatic rings. The van der Waals surface area contributed by atoms with E-state index in [1.807, 2.05) is 0 Å². The molecule has 1 aromatic carbocycles. The van der Waals surface area contributed by atoms with Crippen molar-refractivity contribution in [2.24, 2.45) is 5.41 Å². The van der Waals surface area contributed by atoms with Crippen LogP contribution in [0, 0.1) is 22.9 Å². The molecule has 2 bridgehead atoms. The smallest absolute Gasteiger partial charge is 0.434 e. The Balaban J connectivity index is 1.24. The molecule has 3 saturated carbocycles. The van der Waals surface area contributed by atoms with E-state index in [4.69, 9.17) is 9.63 Å². The van der Waals surface area contributed by atoms with Crippen LogP contribution in [-0.2, 0) is 11.6 Å². The summed E-state index contributed by atoms with van der Waals surface area (Å²) < 4.78 is 84.6. The van der Waals surface area contributed by atoms with E-state index in [2.05, 4.69) is 25.4 Å². The molecule has 14 heteroatoms. The first-order valence-corrected chi connectivity index (χ1v) is 11.3. The number of fused-ring (bicyclic) bond motifs is 3. The molecule has 3 fully saturated rings. The molecule has 1 amide bonds. The Bertz CT molecular complexity index is 1330. The maximum absolute atomic E-state index is 14.0. The van der Waals surface area contributed by atoms with Crippen LogP contribution in [0.4, 0.5) is 26.3 Å². The summed E-state index contributed by atoms with van der Waals surface area (Å²) in [5, 5.41) is 15.7. The number of nitrogens with zero attached hydrogens (tertiary/aromatic N) is 4. The number of aromatic nitrogens is 4. The number of halogens is 6. The standard InChI is InChI=1S/C23H19F6N5O3/c24-12-7-11(15(25)16(26)17(12)35)18(36)32-10-21-1-4-22(5-2-21,6-3-21)20-33-19(37-34-20)13-8-31-14(9-30-13)23(27,28)29/h7-9,35H,1-6,10H2,(H,32,36)/t21-,22+. The summed E-state index contributed by atoms with van der Waals surface area (Å²) >= 11 is 0. The highest BCUT2D eigenvalue weighted by molar-refractivity contribution is 5.94. The van der Waals surface area contributed by atoms with E-state index in [-0.39, 0.29) is 23.5 Å². The molecule has 3 aromatic rings. The fourth-order valence-electron chi connectivity index (χ4n) is 5.11. The highest BCUT2D eigenvalue weighted by Crippen LogP contribution is 2.57. The molecule has 37 heavy (non-hydrogen) atoms. The second kappa shape index (κ2) is 8.70. The molecule has 2 aromatic heterocycles. The number of carbonyl (C=O) groups is 1. The maximum atomic E-state index is 14.0. The first kappa shape index (κ1) is 25.0. The fourth-order valence-corrected chi connectivity index (χ4v) is 5.11. The third-order valence-electron chi connectivity index (χ3n) is 7.47. The number of amides is 1. The summed E-state index contributed by atoms with van der Waals surface area (Å²) in [6, 6.07) is 0.447. The fraction of sp³-hybridized carbons (Fsp3) is 0.435. The minimum atomic E-state index is -4.62. The molecular formula is C23H19F6N5O3. The zero-order chi connectivity index (χ0) is 26.6. The van der Waals surface area contributed by atoms with Gasteiger partial charge in [-0.25, -0.2) is 18.7 Å². The average molecular weight is 527 g/mol. The number of alkyl halides is 3. The highest BCUT2D eigenvalue weighted by atomic mass is 19.4. The van der Waals surface area contributed by atoms with Gasteiger partial charge < -0.3 is 14.9 Å². The van der Waals surface area contributed by atoms with Crippen LogP contribution in [0.2, 0.25) is 0 Å². The lowest BCUT2D eigenvalue weighted by Gasteiger charge is -2.52. The van der Waals surface area contributed by atoms with Gasteiger partial charge in [-0.3, -0.25) is 4.79 Å². The largest absolute Gasteiger partial charge is 0.503 e. The van der Waals surface area contributed by atoms with Gasteiger partial charge in [0.15, 0.2) is 28.9 Å². The third-order valence-corrected chi connectivity index (χ3v) is 7.47. The van der Waals surface area contributed by atoms with E-state index in [9.17, 15) is 31.1 Å². The summed E-state index contributed by atoms with van der Waals surface area (Å²) in [5.41, 5.74) is -2.69. The van der Waals surface area contributed by atoms with Crippen LogP contribution in [0.25, 0.3) is 11.6 Å². The number of hydrogen-bond donors (Lipinski definition) is 2. The molecule has 3 aliphatic carbocycles. The normalized spacial score (nSPS) is 23.3. The first-order chi connectivity index (χ1) is 17.4. The summed E-state index contributed by atoms with van der Waals surface area (Å²) in [4.78, 5) is 23.9. The van der Waals surface area contributed by atoms with E-state index in [0.717, 1.165) is 6.20 Å². The van der Waals surface area contributed by atoms with Gasteiger partial charge >= 0.3 is 6.18 Å². The Morgan fingerprint density at radius 1 is 1.03 bits per heavy atom. The quantitative estimate of drug-likeness (QED) is 0.366. The molecule has 0 spiro atoms. The van der Waals surface area contributed by atoms with Crippen LogP contribution in [0.3, 0.4) is 0 Å². The molecule has 0 saturated heterocycles. The molecule has 6 rings (SSSR count). The second-order valence-corrected chi connectivity index (χ2v) is 9.55. The van der Waals surface area contributed by atoms with E-state index >= 15 is 0 Å². The minimum absolute atomic E-state index is 0.0150. The summed E-state index contributed by atoms with van der Waals surface area (Å²) in [7, 11) is 0. The van der Waals surface area contributed by atoms with E-state index in [1.54, 1.807) is 0 Å². The van der Waals surface area contributed by atoms with E-state index in [1.165, 1.54) is 0 Å². The van der Waals surface area contributed by atoms with Crippen LogP contribution in [0.5, 0.6) is 5.75 Å². The average Bonchev–Trinajstić information content (AvgIpc) is 3.40. The van der Waals surface area contributed by atoms with Crippen LogP contribution >= 0.6 is 0 Å². The molecule has 8 nitrogen and oxygen atoms in total. The van der Waals surface area contributed by atoms with Crippen molar-refractivity contribution in [3.05, 3.63) is 53.0 Å². The van der Waals surface area contributed by atoms with Crippen molar-refractivity contribution in [2.75, 3.05) is 6.54 Å². The van der Waals surface area contributed by atoms with Gasteiger partial charge in [-0.1, -0.05) is 5.16 Å². The Labute approximate surface area is 205 Å². The third kappa shape index (κ3) is 4.37. The van der Waals surface area contributed by atoms with E-state index < -0.39 is 52.0 Å². The van der Waals surface area contributed by atoms with Crippen molar-refractivity contribution in [3.8, 4) is 17.3 Å². The number of phenols is 1. The number of benzene rings is 1. The first-order valence-electron chi connectivity index (χ1n) is 11.3. The van der Waals surface area contributed by atoms with Crippen LogP contribution < -0.4 is 5.32 Å². The number of rotatable bonds is 5. The molecule has 0 aliphatic heterocycles. The lowest BCUT2D eigenvalue weighted by atomic mass is 9.53. The zero-order valence-electron chi connectivity index (χ0n) is 19.0. The zero-order valence-corrected chi connectivity index (χ0v) is 19.0. The maximum Gasteiger partial charge on any atom is 0.434 e. The van der Waals surface area contributed by atoms with Gasteiger partial charge in [0.1, 0.15) is 5.69 Å². The lowest BCUT2D eigenvalue weighted by Crippen LogP contribution is -2.49. The molecule has 2 heterocycles. The number of aromatic hydroxyl groups is 1. The predicted octanol–water partition coefficient (Wildman–Crippen LogP) is 4.69. The molecule has 0 atom stereocenters. The van der Waals surface area contributed by atoms with Gasteiger partial charge in [-0.2, -0.15) is 22.5 Å². The highest BCUT2D eigenvalue weighted by Gasteiger charge is 2.51. The molecule has 196 valence electrons. The second-order valence-electron chi connectivity index (χ2n) is 9.55. The number of phenolic OH excluding ortho intramolecular Hbond substituents is 1. The number of carbonyl (C=O) groups excluding carboxylic acids is 1. The van der Waals surface area contributed by atoms with Crippen molar-refractivity contribution in [3.63, 3.8) is 0 Å². The van der Waals surface area contributed by atoms with Crippen molar-refractivity contribution >= 4 is 5.91 Å². The Hall–Kier alpha value is -3.71. The summed E-state index contributed by atoms with van der Waals surface area (Å²) in [6.45, 7) is 0.157. The SMILES string of the molecule is O=C(NC[C@]12CC[C@](c3noc(-c4cnc(C(F)(F)F)cn4)n3)(CC1)CC2)c1cc(F)c(O)c(F)c1F. The van der Waals surface area contributed by atoms with Gasteiger partial charge in [0.05, 0.1) is 18.0 Å². The molecule has 2 N–H and O–H groups in total. The lowest BCUT2D eigenvalue weighted by molar-refractivity contribution is -0.141. The Morgan fingerprint density at radius 2 is 1.70 bits per heavy atom. The number of hydrogen-bond acceptors (Lipinski definition) is 7. The summed E-state index contributed by atoms with van der Waals surface area (Å²) in [5.74, 6) is -7.01. The Kier molecular flexibility index (Phi) is 5.87. The van der Waals surface area contributed by atoms with Gasteiger partial charge in [0.25, 0.3) is 11.8 Å². The van der Waals surface area contributed by atoms with Gasteiger partial charge in [-0.15, -0.1) is 0 Å². The molecular weight excluding hydrogens is 508 g/mol. The van der Waals surface area contributed by atoms with E-state index in [0.29, 0.717) is 56.6 Å². The van der Waals surface area contributed by atoms with Crippen LogP contribution in [-0.4, -0.2) is 37.7 Å². The minimum Gasteiger partial charge on any atom is -0.503 e.